The van der Waals surface area contributed by atoms with Crippen LogP contribution in [0, 0.1) is 0 Å². The first kappa shape index (κ1) is 14.1. The number of hydrogen-bond donors (Lipinski definition) is 1. The summed E-state index contributed by atoms with van der Waals surface area (Å²) in [7, 11) is 1.88. The number of furan rings is 1. The summed E-state index contributed by atoms with van der Waals surface area (Å²) in [6.45, 7) is 0.362. The van der Waals surface area contributed by atoms with Crippen LogP contribution >= 0.6 is 11.8 Å². The fourth-order valence-electron chi connectivity index (χ4n) is 2.83. The quantitative estimate of drug-likeness (QED) is 0.803. The summed E-state index contributed by atoms with van der Waals surface area (Å²) in [6.07, 6.45) is 1.59. The number of thioether (sulfide) groups is 1. The summed E-state index contributed by atoms with van der Waals surface area (Å²) in [5.74, 6) is 1.31. The number of carbonyl (C=O) groups is 1. The Labute approximate surface area is 137 Å². The van der Waals surface area contributed by atoms with Crippen molar-refractivity contribution in [1.29, 1.82) is 0 Å². The Morgan fingerprint density at radius 1 is 1.35 bits per heavy atom. The Morgan fingerprint density at radius 3 is 3.04 bits per heavy atom. The molecule has 1 amide bonds. The lowest BCUT2D eigenvalue weighted by Crippen LogP contribution is -2.24. The minimum absolute atomic E-state index is 0.168. The van der Waals surface area contributed by atoms with E-state index in [1.807, 2.05) is 25.2 Å². The van der Waals surface area contributed by atoms with E-state index in [0.717, 1.165) is 28.3 Å². The number of aromatic nitrogens is 2. The Balaban J connectivity index is 1.66. The Morgan fingerprint density at radius 2 is 2.22 bits per heavy atom. The van der Waals surface area contributed by atoms with Gasteiger partial charge in [-0.3, -0.25) is 9.48 Å². The average molecular weight is 325 g/mol. The lowest BCUT2D eigenvalue weighted by Gasteiger charge is -2.16. The summed E-state index contributed by atoms with van der Waals surface area (Å²) < 4.78 is 7.04. The van der Waals surface area contributed by atoms with Crippen molar-refractivity contribution in [2.45, 2.75) is 17.2 Å². The summed E-state index contributed by atoms with van der Waals surface area (Å²) in [4.78, 5) is 13.7. The SMILES string of the molecule is Cn1nc(C(=O)NCc2ccco2)c2c1-c1ccccc1SC2. The molecule has 0 saturated carbocycles. The van der Waals surface area contributed by atoms with E-state index in [2.05, 4.69) is 22.5 Å². The molecule has 0 saturated heterocycles. The first-order valence-electron chi connectivity index (χ1n) is 7.32. The number of nitrogens with one attached hydrogen (secondary N) is 1. The second-order valence-electron chi connectivity index (χ2n) is 5.35. The predicted octanol–water partition coefficient (Wildman–Crippen LogP) is 3.22. The molecule has 0 unspecified atom stereocenters. The van der Waals surface area contributed by atoms with E-state index in [9.17, 15) is 4.79 Å². The molecule has 116 valence electrons. The van der Waals surface area contributed by atoms with Gasteiger partial charge >= 0.3 is 0 Å². The number of amides is 1. The van der Waals surface area contributed by atoms with E-state index in [0.29, 0.717) is 12.2 Å². The lowest BCUT2D eigenvalue weighted by atomic mass is 10.1. The number of nitrogens with zero attached hydrogens (tertiary/aromatic N) is 2. The van der Waals surface area contributed by atoms with Gasteiger partial charge in [-0.2, -0.15) is 5.10 Å². The second kappa shape index (κ2) is 5.62. The molecule has 3 aromatic rings. The third-order valence-corrected chi connectivity index (χ3v) is 4.98. The highest BCUT2D eigenvalue weighted by atomic mass is 32.2. The molecule has 0 radical (unpaired) electrons. The van der Waals surface area contributed by atoms with E-state index in [4.69, 9.17) is 4.42 Å². The molecular formula is C17H15N3O2S. The van der Waals surface area contributed by atoms with Gasteiger partial charge in [0.2, 0.25) is 0 Å². The highest BCUT2D eigenvalue weighted by molar-refractivity contribution is 7.98. The smallest absolute Gasteiger partial charge is 0.272 e. The Kier molecular flexibility index (Phi) is 3.46. The fraction of sp³-hybridized carbons (Fsp3) is 0.176. The van der Waals surface area contributed by atoms with Crippen LogP contribution in [0.15, 0.2) is 52.0 Å². The normalized spacial score (nSPS) is 12.6. The van der Waals surface area contributed by atoms with E-state index >= 15 is 0 Å². The van der Waals surface area contributed by atoms with Crippen molar-refractivity contribution in [3.63, 3.8) is 0 Å². The zero-order chi connectivity index (χ0) is 15.8. The molecule has 6 heteroatoms. The van der Waals surface area contributed by atoms with E-state index in [-0.39, 0.29) is 5.91 Å². The van der Waals surface area contributed by atoms with Gasteiger partial charge in [0.05, 0.1) is 18.5 Å². The standard InChI is InChI=1S/C17H15N3O2S/c1-20-16-12-6-2-3-7-14(12)23-10-13(16)15(19-20)17(21)18-9-11-5-4-8-22-11/h2-8H,9-10H2,1H3,(H,18,21). The van der Waals surface area contributed by atoms with Crippen LogP contribution in [0.3, 0.4) is 0 Å². The van der Waals surface area contributed by atoms with Crippen LogP contribution < -0.4 is 5.32 Å². The van der Waals surface area contributed by atoms with Crippen LogP contribution in [0.25, 0.3) is 11.3 Å². The molecule has 5 nitrogen and oxygen atoms in total. The molecule has 4 rings (SSSR count). The van der Waals surface area contributed by atoms with Gasteiger partial charge in [0.15, 0.2) is 5.69 Å². The van der Waals surface area contributed by atoms with E-state index < -0.39 is 0 Å². The third kappa shape index (κ3) is 2.45. The van der Waals surface area contributed by atoms with Gasteiger partial charge in [-0.25, -0.2) is 0 Å². The molecule has 0 fully saturated rings. The van der Waals surface area contributed by atoms with Crippen LogP contribution in [0.2, 0.25) is 0 Å². The molecule has 1 aromatic carbocycles. The van der Waals surface area contributed by atoms with Gasteiger partial charge in [-0.1, -0.05) is 18.2 Å². The third-order valence-electron chi connectivity index (χ3n) is 3.88. The van der Waals surface area contributed by atoms with Gasteiger partial charge in [-0.15, -0.1) is 11.8 Å². The summed E-state index contributed by atoms with van der Waals surface area (Å²) in [5, 5.41) is 7.32. The molecule has 1 aliphatic heterocycles. The summed E-state index contributed by atoms with van der Waals surface area (Å²) >= 11 is 1.74. The number of carbonyl (C=O) groups excluding carboxylic acids is 1. The first-order valence-corrected chi connectivity index (χ1v) is 8.31. The topological polar surface area (TPSA) is 60.1 Å². The zero-order valence-electron chi connectivity index (χ0n) is 12.6. The van der Waals surface area contributed by atoms with Crippen molar-refractivity contribution in [2.75, 3.05) is 0 Å². The summed E-state index contributed by atoms with van der Waals surface area (Å²) in [6, 6.07) is 11.9. The van der Waals surface area contributed by atoms with E-state index in [1.165, 1.54) is 4.90 Å². The maximum atomic E-state index is 12.5. The molecule has 0 atom stereocenters. The largest absolute Gasteiger partial charge is 0.467 e. The van der Waals surface area contributed by atoms with E-state index in [1.54, 1.807) is 28.8 Å². The highest BCUT2D eigenvalue weighted by Gasteiger charge is 2.27. The minimum atomic E-state index is -0.168. The maximum absolute atomic E-state index is 12.5. The number of hydrogen-bond acceptors (Lipinski definition) is 4. The van der Waals surface area contributed by atoms with Crippen LogP contribution in [0.1, 0.15) is 21.8 Å². The second-order valence-corrected chi connectivity index (χ2v) is 6.36. The number of fused-ring (bicyclic) bond motifs is 3. The van der Waals surface area contributed by atoms with Gasteiger partial charge in [0.25, 0.3) is 5.91 Å². The molecule has 0 aliphatic carbocycles. The molecule has 0 bridgehead atoms. The highest BCUT2D eigenvalue weighted by Crippen LogP contribution is 2.42. The van der Waals surface area contributed by atoms with Crippen molar-refractivity contribution in [1.82, 2.24) is 15.1 Å². The number of aryl methyl sites for hydroxylation is 1. The van der Waals surface area contributed by atoms with Crippen molar-refractivity contribution >= 4 is 17.7 Å². The zero-order valence-corrected chi connectivity index (χ0v) is 13.4. The van der Waals surface area contributed by atoms with Crippen LogP contribution in [-0.4, -0.2) is 15.7 Å². The van der Waals surface area contributed by atoms with Gasteiger partial charge in [0, 0.05) is 28.8 Å². The van der Waals surface area contributed by atoms with Gasteiger partial charge in [-0.05, 0) is 18.2 Å². The van der Waals surface area contributed by atoms with Crippen molar-refractivity contribution < 1.29 is 9.21 Å². The fourth-order valence-corrected chi connectivity index (χ4v) is 3.89. The molecule has 2 aromatic heterocycles. The van der Waals surface area contributed by atoms with Crippen molar-refractivity contribution in [3.8, 4) is 11.3 Å². The van der Waals surface area contributed by atoms with Gasteiger partial charge in [0.1, 0.15) is 5.76 Å². The van der Waals surface area contributed by atoms with Crippen LogP contribution in [-0.2, 0) is 19.3 Å². The Bertz CT molecular complexity index is 868. The predicted molar refractivity (Wildman–Crippen MR) is 88.1 cm³/mol. The molecule has 0 spiro atoms. The first-order chi connectivity index (χ1) is 11.2. The minimum Gasteiger partial charge on any atom is -0.467 e. The van der Waals surface area contributed by atoms with Crippen molar-refractivity contribution in [2.24, 2.45) is 7.05 Å². The van der Waals surface area contributed by atoms with Crippen LogP contribution in [0.5, 0.6) is 0 Å². The number of benzene rings is 1. The molecule has 1 N–H and O–H groups in total. The lowest BCUT2D eigenvalue weighted by molar-refractivity contribution is 0.0941. The van der Waals surface area contributed by atoms with Crippen LogP contribution in [0.4, 0.5) is 0 Å². The molecule has 1 aliphatic rings. The monoisotopic (exact) mass is 325 g/mol. The molecule has 23 heavy (non-hydrogen) atoms. The molecule has 3 heterocycles. The van der Waals surface area contributed by atoms with Gasteiger partial charge < -0.3 is 9.73 Å². The number of rotatable bonds is 3. The maximum Gasteiger partial charge on any atom is 0.272 e. The Hall–Kier alpha value is -2.47. The van der Waals surface area contributed by atoms with Crippen molar-refractivity contribution in [3.05, 3.63) is 59.7 Å². The molecular weight excluding hydrogens is 310 g/mol. The average Bonchev–Trinajstić information content (AvgIpc) is 3.20. The summed E-state index contributed by atoms with van der Waals surface area (Å²) in [5.41, 5.74) is 3.66.